The summed E-state index contributed by atoms with van der Waals surface area (Å²) in [5.41, 5.74) is 0. The highest BCUT2D eigenvalue weighted by Gasteiger charge is 2.39. The largest absolute Gasteiger partial charge is 0.383 e. The highest BCUT2D eigenvalue weighted by Crippen LogP contribution is 2.49. The van der Waals surface area contributed by atoms with Crippen LogP contribution in [0.2, 0.25) is 0 Å². The van der Waals surface area contributed by atoms with Crippen molar-refractivity contribution in [1.82, 2.24) is 14.8 Å². The Morgan fingerprint density at radius 1 is 1.41 bits per heavy atom. The summed E-state index contributed by atoms with van der Waals surface area (Å²) in [7, 11) is 1.74. The van der Waals surface area contributed by atoms with Crippen molar-refractivity contribution in [3.05, 3.63) is 12.2 Å². The number of hydrogen-bond donors (Lipinski definition) is 0. The van der Waals surface area contributed by atoms with E-state index in [2.05, 4.69) is 14.8 Å². The van der Waals surface area contributed by atoms with Crippen LogP contribution in [0.3, 0.4) is 0 Å². The van der Waals surface area contributed by atoms with Crippen LogP contribution in [0, 0.1) is 17.8 Å². The Balaban J connectivity index is 1.63. The highest BCUT2D eigenvalue weighted by molar-refractivity contribution is 4.97. The third-order valence-electron chi connectivity index (χ3n) is 4.56. The van der Waals surface area contributed by atoms with Crippen LogP contribution >= 0.6 is 0 Å². The van der Waals surface area contributed by atoms with Gasteiger partial charge in [-0.15, -0.1) is 10.2 Å². The number of methoxy groups -OCH3 is 1. The third-order valence-corrected chi connectivity index (χ3v) is 4.56. The zero-order valence-corrected chi connectivity index (χ0v) is 10.5. The molecule has 3 atom stereocenters. The molecule has 0 aliphatic heterocycles. The SMILES string of the molecule is COCCn1cnnc1CC1CC2CCC1C2. The van der Waals surface area contributed by atoms with Crippen molar-refractivity contribution in [3.8, 4) is 0 Å². The summed E-state index contributed by atoms with van der Waals surface area (Å²) in [5, 5.41) is 8.31. The van der Waals surface area contributed by atoms with Gasteiger partial charge in [-0.3, -0.25) is 0 Å². The quantitative estimate of drug-likeness (QED) is 0.782. The molecular weight excluding hydrogens is 214 g/mol. The molecule has 1 heterocycles. The Bertz CT molecular complexity index is 376. The van der Waals surface area contributed by atoms with E-state index < -0.39 is 0 Å². The third kappa shape index (κ3) is 2.23. The van der Waals surface area contributed by atoms with Crippen LogP contribution in [0.15, 0.2) is 6.33 Å². The van der Waals surface area contributed by atoms with Gasteiger partial charge in [-0.05, 0) is 37.0 Å². The maximum atomic E-state index is 5.11. The fourth-order valence-electron chi connectivity index (χ4n) is 3.67. The first-order valence-corrected chi connectivity index (χ1v) is 6.72. The second kappa shape index (κ2) is 4.77. The van der Waals surface area contributed by atoms with Crippen molar-refractivity contribution in [2.24, 2.45) is 17.8 Å². The highest BCUT2D eigenvalue weighted by atomic mass is 16.5. The van der Waals surface area contributed by atoms with Crippen molar-refractivity contribution in [2.75, 3.05) is 13.7 Å². The van der Waals surface area contributed by atoms with Crippen molar-refractivity contribution in [2.45, 2.75) is 38.6 Å². The number of hydrogen-bond acceptors (Lipinski definition) is 3. The van der Waals surface area contributed by atoms with E-state index in [-0.39, 0.29) is 0 Å². The van der Waals surface area contributed by atoms with E-state index in [0.29, 0.717) is 0 Å². The lowest BCUT2D eigenvalue weighted by molar-refractivity contribution is 0.185. The second-order valence-corrected chi connectivity index (χ2v) is 5.57. The molecule has 2 aliphatic carbocycles. The van der Waals surface area contributed by atoms with Crippen LogP contribution < -0.4 is 0 Å². The van der Waals surface area contributed by atoms with Gasteiger partial charge in [0.25, 0.3) is 0 Å². The molecule has 4 nitrogen and oxygen atoms in total. The summed E-state index contributed by atoms with van der Waals surface area (Å²) in [4.78, 5) is 0. The minimum absolute atomic E-state index is 0.738. The zero-order chi connectivity index (χ0) is 11.7. The number of rotatable bonds is 5. The lowest BCUT2D eigenvalue weighted by Gasteiger charge is -2.21. The van der Waals surface area contributed by atoms with Crippen LogP contribution in [-0.4, -0.2) is 28.5 Å². The maximum Gasteiger partial charge on any atom is 0.133 e. The lowest BCUT2D eigenvalue weighted by atomic mass is 9.86. The molecular formula is C13H21N3O. The van der Waals surface area contributed by atoms with Gasteiger partial charge in [-0.25, -0.2) is 0 Å². The first kappa shape index (κ1) is 11.2. The van der Waals surface area contributed by atoms with Gasteiger partial charge in [0.05, 0.1) is 6.61 Å². The number of aromatic nitrogens is 3. The van der Waals surface area contributed by atoms with Gasteiger partial charge in [-0.1, -0.05) is 6.42 Å². The van der Waals surface area contributed by atoms with Crippen LogP contribution in [0.1, 0.15) is 31.5 Å². The molecule has 3 unspecified atom stereocenters. The monoisotopic (exact) mass is 235 g/mol. The molecule has 0 amide bonds. The lowest BCUT2D eigenvalue weighted by Crippen LogP contribution is -2.17. The van der Waals surface area contributed by atoms with E-state index >= 15 is 0 Å². The summed E-state index contributed by atoms with van der Waals surface area (Å²) in [6.07, 6.45) is 8.75. The predicted octanol–water partition coefficient (Wildman–Crippen LogP) is 1.90. The van der Waals surface area contributed by atoms with Crippen LogP contribution in [0.5, 0.6) is 0 Å². The molecule has 0 aromatic carbocycles. The number of fused-ring (bicyclic) bond motifs is 2. The maximum absolute atomic E-state index is 5.11. The average molecular weight is 235 g/mol. The molecule has 94 valence electrons. The molecule has 2 saturated carbocycles. The van der Waals surface area contributed by atoms with Gasteiger partial charge >= 0.3 is 0 Å². The molecule has 0 spiro atoms. The first-order chi connectivity index (χ1) is 8.36. The van der Waals surface area contributed by atoms with Gasteiger partial charge < -0.3 is 9.30 Å². The smallest absolute Gasteiger partial charge is 0.133 e. The first-order valence-electron chi connectivity index (χ1n) is 6.72. The summed E-state index contributed by atoms with van der Waals surface area (Å²) in [5.74, 6) is 3.99. The molecule has 0 radical (unpaired) electrons. The molecule has 0 saturated heterocycles. The van der Waals surface area contributed by atoms with Crippen molar-refractivity contribution in [1.29, 1.82) is 0 Å². The topological polar surface area (TPSA) is 39.9 Å². The van der Waals surface area contributed by atoms with Crippen LogP contribution in [0.4, 0.5) is 0 Å². The van der Waals surface area contributed by atoms with Crippen LogP contribution in [0.25, 0.3) is 0 Å². The van der Waals surface area contributed by atoms with Crippen molar-refractivity contribution >= 4 is 0 Å². The molecule has 2 aliphatic rings. The standard InChI is InChI=1S/C13H21N3O/c1-17-5-4-16-9-14-15-13(16)8-12-7-10-2-3-11(12)6-10/h9-12H,2-8H2,1H3. The van der Waals surface area contributed by atoms with E-state index in [4.69, 9.17) is 4.74 Å². The summed E-state index contributed by atoms with van der Waals surface area (Å²) in [6.45, 7) is 1.61. The Morgan fingerprint density at radius 2 is 2.35 bits per heavy atom. The normalized spacial score (nSPS) is 31.2. The van der Waals surface area contributed by atoms with Crippen molar-refractivity contribution < 1.29 is 4.74 Å². The molecule has 17 heavy (non-hydrogen) atoms. The molecule has 3 rings (SSSR count). The molecule has 1 aromatic heterocycles. The van der Waals surface area contributed by atoms with Gasteiger partial charge in [0.2, 0.25) is 0 Å². The van der Waals surface area contributed by atoms with E-state index in [1.165, 1.54) is 25.7 Å². The summed E-state index contributed by atoms with van der Waals surface area (Å²) >= 11 is 0. The Hall–Kier alpha value is -0.900. The average Bonchev–Trinajstić information content (AvgIpc) is 3.02. The molecule has 2 bridgehead atoms. The van der Waals surface area contributed by atoms with Gasteiger partial charge in [0, 0.05) is 20.1 Å². The summed E-state index contributed by atoms with van der Waals surface area (Å²) < 4.78 is 7.26. The van der Waals surface area contributed by atoms with Gasteiger partial charge in [0.15, 0.2) is 0 Å². The minimum Gasteiger partial charge on any atom is -0.383 e. The Kier molecular flexibility index (Phi) is 3.14. The van der Waals surface area contributed by atoms with E-state index in [9.17, 15) is 0 Å². The molecule has 1 aromatic rings. The van der Waals surface area contributed by atoms with E-state index in [1.54, 1.807) is 7.11 Å². The van der Waals surface area contributed by atoms with Gasteiger partial charge in [0.1, 0.15) is 12.2 Å². The molecule has 0 N–H and O–H groups in total. The Morgan fingerprint density at radius 3 is 3.06 bits per heavy atom. The van der Waals surface area contributed by atoms with E-state index in [1.807, 2.05) is 6.33 Å². The minimum atomic E-state index is 0.738. The van der Waals surface area contributed by atoms with Crippen molar-refractivity contribution in [3.63, 3.8) is 0 Å². The number of nitrogens with zero attached hydrogens (tertiary/aromatic N) is 3. The zero-order valence-electron chi connectivity index (χ0n) is 10.5. The fraction of sp³-hybridized carbons (Fsp3) is 0.846. The van der Waals surface area contributed by atoms with Crippen LogP contribution in [-0.2, 0) is 17.7 Å². The van der Waals surface area contributed by atoms with Gasteiger partial charge in [-0.2, -0.15) is 0 Å². The van der Waals surface area contributed by atoms with E-state index in [0.717, 1.165) is 43.2 Å². The number of ether oxygens (including phenoxy) is 1. The molecule has 4 heteroatoms. The Labute approximate surface area is 102 Å². The molecule has 2 fully saturated rings. The fourth-order valence-corrected chi connectivity index (χ4v) is 3.67. The summed E-state index contributed by atoms with van der Waals surface area (Å²) in [6, 6.07) is 0. The predicted molar refractivity (Wildman–Crippen MR) is 64.5 cm³/mol. The second-order valence-electron chi connectivity index (χ2n) is 5.57.